The number of hydrogen-bond acceptors (Lipinski definition) is 14. The molecule has 0 aliphatic carbocycles. The van der Waals surface area contributed by atoms with Gasteiger partial charge in [0.25, 0.3) is 5.69 Å². The van der Waals surface area contributed by atoms with Gasteiger partial charge >= 0.3 is 5.97 Å². The molecule has 314 valence electrons. The van der Waals surface area contributed by atoms with Crippen molar-refractivity contribution in [3.63, 3.8) is 0 Å². The predicted octanol–water partition coefficient (Wildman–Crippen LogP) is 14.1. The molecular weight excluding hydrogens is 843 g/mol. The summed E-state index contributed by atoms with van der Waals surface area (Å²) in [5, 5.41) is 36.8. The molecule has 0 amide bonds. The highest BCUT2D eigenvalue weighted by atomic mass is 33.1. The lowest BCUT2D eigenvalue weighted by Gasteiger charge is -2.10. The van der Waals surface area contributed by atoms with Gasteiger partial charge in [0, 0.05) is 55.9 Å². The molecule has 0 radical (unpaired) electrons. The minimum absolute atomic E-state index is 0.127. The van der Waals surface area contributed by atoms with Crippen LogP contribution in [0.4, 0.5) is 5.69 Å². The van der Waals surface area contributed by atoms with Crippen molar-refractivity contribution >= 4 is 112 Å². The van der Waals surface area contributed by atoms with E-state index in [9.17, 15) is 24.5 Å². The molecule has 1 heterocycles. The summed E-state index contributed by atoms with van der Waals surface area (Å²) in [4.78, 5) is 44.0. The first-order valence-corrected chi connectivity index (χ1v) is 26.1. The maximum Gasteiger partial charge on any atom is 0.342 e. The Kier molecular flexibility index (Phi) is 33.2. The number of allylic oxidation sites excluding steroid dienone is 1. The average Bonchev–Trinajstić information content (AvgIpc) is 3.54. The number of carboxylic acids is 1. The third-order valence-corrected chi connectivity index (χ3v) is 15.4. The summed E-state index contributed by atoms with van der Waals surface area (Å²) in [5.41, 5.74) is 2.80. The molecule has 1 saturated heterocycles. The minimum Gasteiger partial charge on any atom is -0.477 e. The molecule has 16 heteroatoms. The number of carboxylic acid groups (broad SMARTS) is 1. The van der Waals surface area contributed by atoms with Gasteiger partial charge in [-0.3, -0.25) is 19.7 Å². The van der Waals surface area contributed by atoms with Gasteiger partial charge in [-0.2, -0.15) is 11.8 Å². The van der Waals surface area contributed by atoms with Crippen LogP contribution in [0.25, 0.3) is 0 Å². The van der Waals surface area contributed by atoms with Crippen LogP contribution in [-0.4, -0.2) is 72.8 Å². The number of benzene rings is 2. The highest BCUT2D eigenvalue weighted by Gasteiger charge is 2.20. The monoisotopic (exact) mass is 903 g/mol. The van der Waals surface area contributed by atoms with Crippen molar-refractivity contribution in [2.75, 3.05) is 18.8 Å². The highest BCUT2D eigenvalue weighted by molar-refractivity contribution is 8.77. The Labute approximate surface area is 364 Å². The van der Waals surface area contributed by atoms with Crippen molar-refractivity contribution in [1.29, 1.82) is 10.8 Å². The number of carbonyl (C=O) groups is 3. The Morgan fingerprint density at radius 1 is 0.929 bits per heavy atom. The van der Waals surface area contributed by atoms with Gasteiger partial charge < -0.3 is 15.9 Å². The Bertz CT molecular complexity index is 1540. The van der Waals surface area contributed by atoms with Crippen LogP contribution in [0.2, 0.25) is 0 Å². The molecule has 9 nitrogen and oxygen atoms in total. The number of nitrogens with zero attached hydrogens (tertiary/aromatic N) is 1. The number of nitro benzene ring substituents is 1. The fourth-order valence-electron chi connectivity index (χ4n) is 4.00. The molecule has 2 aromatic rings. The van der Waals surface area contributed by atoms with E-state index in [1.807, 2.05) is 72.4 Å². The number of ketones is 1. The van der Waals surface area contributed by atoms with Crippen LogP contribution in [0.3, 0.4) is 0 Å². The van der Waals surface area contributed by atoms with Crippen LogP contribution < -0.4 is 0 Å². The summed E-state index contributed by atoms with van der Waals surface area (Å²) in [7, 11) is 6.55. The van der Waals surface area contributed by atoms with Crippen LogP contribution >= 0.6 is 78.5 Å². The molecule has 3 N–H and O–H groups in total. The number of aromatic carboxylic acids is 1. The van der Waals surface area contributed by atoms with E-state index < -0.39 is 16.6 Å². The minimum atomic E-state index is -1.30. The summed E-state index contributed by atoms with van der Waals surface area (Å²) < 4.78 is 0. The van der Waals surface area contributed by atoms with Crippen molar-refractivity contribution in [2.45, 2.75) is 120 Å². The molecule has 1 fully saturated rings. The number of Topliss-reactive ketones (excluding diaryl/α,β-unsaturated/α-hetero) is 1. The second-order valence-corrected chi connectivity index (χ2v) is 22.1. The first kappa shape index (κ1) is 56.3. The van der Waals surface area contributed by atoms with E-state index in [2.05, 4.69) is 39.9 Å². The zero-order valence-electron chi connectivity index (χ0n) is 34.6. The molecule has 4 atom stereocenters. The zero-order chi connectivity index (χ0) is 43.4. The van der Waals surface area contributed by atoms with Gasteiger partial charge in [-0.15, -0.1) is 11.8 Å². The molecule has 0 bridgehead atoms. The van der Waals surface area contributed by atoms with Gasteiger partial charge in [-0.1, -0.05) is 107 Å². The molecule has 1 aliphatic heterocycles. The van der Waals surface area contributed by atoms with Crippen molar-refractivity contribution < 1.29 is 24.4 Å². The summed E-state index contributed by atoms with van der Waals surface area (Å²) in [5.74, 6) is -1.18. The Morgan fingerprint density at radius 3 is 1.82 bits per heavy atom. The topological polar surface area (TPSA) is 162 Å². The fraction of sp³-hybridized carbons (Fsp3) is 0.525. The molecule has 3 rings (SSSR count). The van der Waals surface area contributed by atoms with Crippen LogP contribution in [0.1, 0.15) is 125 Å². The van der Waals surface area contributed by atoms with E-state index in [1.165, 1.54) is 58.0 Å². The molecule has 4 unspecified atom stereocenters. The smallest absolute Gasteiger partial charge is 0.342 e. The van der Waals surface area contributed by atoms with Gasteiger partial charge in [-0.25, -0.2) is 4.79 Å². The molecule has 56 heavy (non-hydrogen) atoms. The van der Waals surface area contributed by atoms with Crippen molar-refractivity contribution in [2.24, 2.45) is 0 Å². The summed E-state index contributed by atoms with van der Waals surface area (Å²) in [6, 6.07) is 12.0. The molecule has 0 aromatic heterocycles. The first-order valence-electron chi connectivity index (χ1n) is 17.8. The summed E-state index contributed by atoms with van der Waals surface area (Å²) >= 11 is 5.04. The second-order valence-electron chi connectivity index (χ2n) is 12.7. The van der Waals surface area contributed by atoms with E-state index >= 15 is 0 Å². The first-order chi connectivity index (χ1) is 26.2. The maximum atomic E-state index is 11.0. The zero-order valence-corrected chi connectivity index (χ0v) is 40.3. The molecule has 2 aromatic carbocycles. The van der Waals surface area contributed by atoms with Crippen LogP contribution in [0.15, 0.2) is 58.8 Å². The third kappa shape index (κ3) is 29.4. The van der Waals surface area contributed by atoms with E-state index in [4.69, 9.17) is 15.9 Å². The number of rotatable bonds is 16. The van der Waals surface area contributed by atoms with E-state index in [0.29, 0.717) is 26.4 Å². The third-order valence-electron chi connectivity index (χ3n) is 7.47. The lowest BCUT2D eigenvalue weighted by atomic mass is 10.1. The second kappa shape index (κ2) is 33.1. The Morgan fingerprint density at radius 2 is 1.46 bits per heavy atom. The van der Waals surface area contributed by atoms with Gasteiger partial charge in [-0.05, 0) is 108 Å². The molecule has 0 saturated carbocycles. The number of nitrogens with one attached hydrogen (secondary N) is 2. The van der Waals surface area contributed by atoms with Crippen molar-refractivity contribution in [1.82, 2.24) is 0 Å². The van der Waals surface area contributed by atoms with E-state index in [0.717, 1.165) is 42.2 Å². The maximum absolute atomic E-state index is 11.0. The lowest BCUT2D eigenvalue weighted by Crippen LogP contribution is -2.02. The fourth-order valence-corrected chi connectivity index (χ4v) is 9.35. The largest absolute Gasteiger partial charge is 0.477 e. The van der Waals surface area contributed by atoms with Crippen LogP contribution in [0.5, 0.6) is 0 Å². The SMILES string of the molecule is C=C1CCC(C)S1.CC(=N)CCC(C)SSc1ccc([N+](=O)[O-])c(C(=O)O)c1.CSC(C)=O.CSC(C)CCC(C)=N.CSSC(C)c1ccc(C(C)=O)cc1. The average molecular weight is 904 g/mol. The van der Waals surface area contributed by atoms with Crippen molar-refractivity contribution in [3.8, 4) is 0 Å². The number of nitro groups is 1. The molecule has 0 spiro atoms. The number of hydrogen-bond donors (Lipinski definition) is 3. The van der Waals surface area contributed by atoms with Gasteiger partial charge in [0.2, 0.25) is 0 Å². The van der Waals surface area contributed by atoms with Gasteiger partial charge in [0.1, 0.15) is 5.56 Å². The standard InChI is InChI=1S/C13H16N2O4S2.C11H14OS2.C7H15NS.C6H10S.C3H6OS/c1-8(14)3-4-9(2)20-21-10-5-6-12(15(18)19)11(7-10)13(16)17;1-8(12)10-4-6-11(7-5-10)9(2)14-13-3;1-6(8)4-5-7(2)9-3;1-5-3-4-6(2)7-5;1-3(4)5-2/h5-7,9,14H,3-4H2,1-2H3,(H,16,17);4-7,9H,1-3H3;7-8H,4-5H2,1-3H3;6H,1,3-4H2,2H3;1-2H3. The van der Waals surface area contributed by atoms with E-state index in [1.54, 1.807) is 54.7 Å². The van der Waals surface area contributed by atoms with Gasteiger partial charge in [0.15, 0.2) is 10.9 Å². The number of carbonyl (C=O) groups excluding carboxylic acids is 2. The predicted molar refractivity (Wildman–Crippen MR) is 257 cm³/mol. The van der Waals surface area contributed by atoms with Gasteiger partial charge in [0.05, 0.1) is 4.92 Å². The molecular formula is C40H61N3O6S7. The van der Waals surface area contributed by atoms with Crippen molar-refractivity contribution in [3.05, 3.63) is 80.8 Å². The van der Waals surface area contributed by atoms with Crippen LogP contribution in [0, 0.1) is 20.9 Å². The summed E-state index contributed by atoms with van der Waals surface area (Å²) in [6.45, 7) is 19.3. The van der Waals surface area contributed by atoms with E-state index in [-0.39, 0.29) is 16.5 Å². The summed E-state index contributed by atoms with van der Waals surface area (Å²) in [6.07, 6.45) is 12.2. The quantitative estimate of drug-likeness (QED) is 0.0480. The normalized spacial score (nSPS) is 14.3. The molecule has 1 aliphatic rings. The lowest BCUT2D eigenvalue weighted by molar-refractivity contribution is -0.385. The highest BCUT2D eigenvalue weighted by Crippen LogP contribution is 2.38. The Hall–Kier alpha value is -1.82. The number of thioether (sulfide) groups is 3. The van der Waals surface area contributed by atoms with Crippen LogP contribution in [-0.2, 0) is 4.79 Å². The Balaban J connectivity index is 0.